The van der Waals surface area contributed by atoms with Crippen molar-refractivity contribution in [2.24, 2.45) is 0 Å². The quantitative estimate of drug-likeness (QED) is 0.430. The van der Waals surface area contributed by atoms with Gasteiger partial charge in [-0.15, -0.1) is 24.3 Å². The molecule has 0 saturated carbocycles. The van der Waals surface area contributed by atoms with E-state index in [2.05, 4.69) is 29.3 Å². The Kier molecular flexibility index (Phi) is 6.47. The zero-order chi connectivity index (χ0) is 15.9. The van der Waals surface area contributed by atoms with E-state index in [0.717, 1.165) is 33.9 Å². The van der Waals surface area contributed by atoms with E-state index in [4.69, 9.17) is 0 Å². The van der Waals surface area contributed by atoms with Gasteiger partial charge in [-0.3, -0.25) is 9.97 Å². The van der Waals surface area contributed by atoms with Gasteiger partial charge in [-0.2, -0.15) is 0 Å². The first-order chi connectivity index (χ1) is 10.7. The van der Waals surface area contributed by atoms with Gasteiger partial charge in [-0.25, -0.2) is 0 Å². The fourth-order valence-corrected chi connectivity index (χ4v) is 2.15. The van der Waals surface area contributed by atoms with Crippen LogP contribution in [0.5, 0.6) is 0 Å². The van der Waals surface area contributed by atoms with E-state index in [9.17, 15) is 0 Å². The van der Waals surface area contributed by atoms with Crippen molar-refractivity contribution in [1.82, 2.24) is 9.97 Å². The number of hydrogen-bond acceptors (Lipinski definition) is 2. The molecule has 22 heavy (non-hydrogen) atoms. The van der Waals surface area contributed by atoms with E-state index in [-0.39, 0.29) is 0 Å². The Bertz CT molecular complexity index is 699. The van der Waals surface area contributed by atoms with Gasteiger partial charge in [0.2, 0.25) is 0 Å². The summed E-state index contributed by atoms with van der Waals surface area (Å²) in [5.41, 5.74) is 5.90. The summed E-state index contributed by atoms with van der Waals surface area (Å²) in [6.45, 7) is 3.99. The van der Waals surface area contributed by atoms with Gasteiger partial charge in [0.05, 0.1) is 0 Å². The van der Waals surface area contributed by atoms with Gasteiger partial charge in [-0.05, 0) is 26.0 Å². The Labute approximate surface area is 149 Å². The number of aryl methyl sites for hydroxylation is 2. The first-order valence-electron chi connectivity index (χ1n) is 6.75. The molecule has 2 nitrogen and oxygen atoms in total. The van der Waals surface area contributed by atoms with Crippen LogP contribution in [0.4, 0.5) is 0 Å². The van der Waals surface area contributed by atoms with Gasteiger partial charge in [0.15, 0.2) is 0 Å². The van der Waals surface area contributed by atoms with Crippen molar-refractivity contribution in [2.75, 3.05) is 0 Å². The summed E-state index contributed by atoms with van der Waals surface area (Å²) >= 11 is 4.86. The molecular formula is C18H15BrN2Pt. The molecule has 0 radical (unpaired) electrons. The van der Waals surface area contributed by atoms with Gasteiger partial charge in [0.1, 0.15) is 0 Å². The molecule has 2 heterocycles. The molecule has 0 unspecified atom stereocenters. The molecule has 4 heteroatoms. The Balaban J connectivity index is 0.000000847. The number of hydrogen-bond donors (Lipinski definition) is 0. The summed E-state index contributed by atoms with van der Waals surface area (Å²) in [6.07, 6.45) is 0. The second kappa shape index (κ2) is 8.35. The molecule has 0 aliphatic heterocycles. The molecule has 114 valence electrons. The van der Waals surface area contributed by atoms with Gasteiger partial charge in [-0.1, -0.05) is 35.4 Å². The molecule has 2 aromatic heterocycles. The Morgan fingerprint density at radius 3 is 1.55 bits per heavy atom. The standard InChI is InChI=1S/C18H15N2.BrH.Pt/c1-13-6-3-10-17(19-13)15-8-5-9-16(12-15)18-11-4-7-14(2)20-18;;/h3-11H,1-2H3;1H;/q-1;;+2/p-1. The van der Waals surface area contributed by atoms with Crippen LogP contribution in [0.1, 0.15) is 11.4 Å². The molecule has 0 amide bonds. The minimum absolute atomic E-state index is 0.944. The molecule has 3 rings (SSSR count). The molecule has 0 aliphatic carbocycles. The van der Waals surface area contributed by atoms with Crippen LogP contribution >= 0.6 is 13.3 Å². The summed E-state index contributed by atoms with van der Waals surface area (Å²) in [5, 5.41) is 0. The van der Waals surface area contributed by atoms with Crippen molar-refractivity contribution in [1.29, 1.82) is 0 Å². The molecular weight excluding hydrogens is 519 g/mol. The van der Waals surface area contributed by atoms with E-state index >= 15 is 0 Å². The summed E-state index contributed by atoms with van der Waals surface area (Å²) in [7, 11) is 0. The monoisotopic (exact) mass is 533 g/mol. The Morgan fingerprint density at radius 1 is 0.727 bits per heavy atom. The number of rotatable bonds is 2. The summed E-state index contributed by atoms with van der Waals surface area (Å²) in [4.78, 5) is 9.09. The predicted octanol–water partition coefficient (Wildman–Crippen LogP) is 5.07. The molecule has 3 aromatic rings. The van der Waals surface area contributed by atoms with Crippen LogP contribution in [0.15, 0.2) is 54.6 Å². The van der Waals surface area contributed by atoms with Crippen LogP contribution in [0.25, 0.3) is 22.5 Å². The van der Waals surface area contributed by atoms with E-state index in [0.29, 0.717) is 0 Å². The second-order valence-electron chi connectivity index (χ2n) is 4.81. The van der Waals surface area contributed by atoms with E-state index < -0.39 is 0 Å². The van der Waals surface area contributed by atoms with Gasteiger partial charge in [0, 0.05) is 22.8 Å². The zero-order valence-electron chi connectivity index (χ0n) is 12.3. The normalized spacial score (nSPS) is 9.86. The summed E-state index contributed by atoms with van der Waals surface area (Å²) < 4.78 is 0. The van der Waals surface area contributed by atoms with Crippen LogP contribution in [0, 0.1) is 19.9 Å². The van der Waals surface area contributed by atoms with Crippen molar-refractivity contribution in [3.05, 3.63) is 72.1 Å². The van der Waals surface area contributed by atoms with Crippen LogP contribution in [-0.2, 0) is 17.8 Å². The van der Waals surface area contributed by atoms with Crippen LogP contribution in [-0.4, -0.2) is 9.97 Å². The molecule has 0 fully saturated rings. The fraction of sp³-hybridized carbons (Fsp3) is 0.111. The van der Waals surface area contributed by atoms with Gasteiger partial charge >= 0.3 is 31.1 Å². The Morgan fingerprint density at radius 2 is 1.14 bits per heavy atom. The first kappa shape index (κ1) is 17.0. The van der Waals surface area contributed by atoms with Crippen LogP contribution in [0.2, 0.25) is 0 Å². The molecule has 0 N–H and O–H groups in total. The Hall–Kier alpha value is -1.31. The predicted molar refractivity (Wildman–Crippen MR) is 90.1 cm³/mol. The molecule has 0 saturated heterocycles. The number of pyridine rings is 2. The van der Waals surface area contributed by atoms with Crippen molar-refractivity contribution < 1.29 is 17.8 Å². The maximum atomic E-state index is 4.54. The molecule has 1 aromatic carbocycles. The third-order valence-corrected chi connectivity index (χ3v) is 3.12. The minimum atomic E-state index is 0.944. The SMILES string of the molecule is Cc1cccc(-c2[c-]c(-c3cccc(C)n3)ccc2)n1.[Br][Pt+]. The van der Waals surface area contributed by atoms with Crippen molar-refractivity contribution in [3.8, 4) is 22.5 Å². The number of aromatic nitrogens is 2. The van der Waals surface area contributed by atoms with E-state index in [1.165, 1.54) is 0 Å². The zero-order valence-corrected chi connectivity index (χ0v) is 16.1. The van der Waals surface area contributed by atoms with Gasteiger partial charge < -0.3 is 0 Å². The number of halogens is 1. The molecule has 0 bridgehead atoms. The summed E-state index contributed by atoms with van der Waals surface area (Å²) in [5.74, 6) is 0. The van der Waals surface area contributed by atoms with Crippen molar-refractivity contribution >= 4 is 13.3 Å². The third kappa shape index (κ3) is 4.34. The number of benzene rings is 1. The summed E-state index contributed by atoms with van der Waals surface area (Å²) in [6, 6.07) is 21.5. The van der Waals surface area contributed by atoms with Crippen molar-refractivity contribution in [3.63, 3.8) is 0 Å². The maximum absolute atomic E-state index is 4.54. The average molecular weight is 534 g/mol. The second-order valence-corrected chi connectivity index (χ2v) is 4.81. The third-order valence-electron chi connectivity index (χ3n) is 3.12. The fourth-order valence-electron chi connectivity index (χ4n) is 2.15. The van der Waals surface area contributed by atoms with Crippen LogP contribution < -0.4 is 0 Å². The average Bonchev–Trinajstić information content (AvgIpc) is 2.57. The van der Waals surface area contributed by atoms with Crippen molar-refractivity contribution in [2.45, 2.75) is 13.8 Å². The van der Waals surface area contributed by atoms with Gasteiger partial charge in [0.25, 0.3) is 0 Å². The van der Waals surface area contributed by atoms with E-state index in [1.54, 1.807) is 0 Å². The van der Waals surface area contributed by atoms with Crippen LogP contribution in [0.3, 0.4) is 0 Å². The number of nitrogens with zero attached hydrogens (tertiary/aromatic N) is 2. The first-order valence-corrected chi connectivity index (χ1v) is 11.7. The molecule has 0 aliphatic rings. The topological polar surface area (TPSA) is 25.8 Å². The molecule has 0 spiro atoms. The van der Waals surface area contributed by atoms with E-state index in [1.807, 2.05) is 86.2 Å². The molecule has 0 atom stereocenters.